The van der Waals surface area contributed by atoms with Gasteiger partial charge in [0.05, 0.1) is 4.92 Å². The highest BCUT2D eigenvalue weighted by Gasteiger charge is 2.21. The molecule has 3 aromatic rings. The van der Waals surface area contributed by atoms with Crippen molar-refractivity contribution in [3.05, 3.63) is 79.7 Å². The minimum absolute atomic E-state index is 0.0220. The van der Waals surface area contributed by atoms with Crippen LogP contribution in [0.25, 0.3) is 11.1 Å². The number of nitrogens with zero attached hydrogens (tertiary/aromatic N) is 2. The Kier molecular flexibility index (Phi) is 6.76. The molecule has 0 saturated heterocycles. The quantitative estimate of drug-likeness (QED) is 0.384. The third-order valence-electron chi connectivity index (χ3n) is 4.42. The van der Waals surface area contributed by atoms with Crippen LogP contribution in [0.5, 0.6) is 17.2 Å². The SMILES string of the molecule is Cn1cc(-c2cc([N+](=O)[O-])ccc2Oc2ccc(Cl)cc2C(=O)O)c(OCCN)cc1=O. The molecule has 1 aromatic heterocycles. The second kappa shape index (κ2) is 9.50. The number of aromatic nitrogens is 1. The molecule has 0 aliphatic carbocycles. The van der Waals surface area contributed by atoms with Crippen molar-refractivity contribution in [2.24, 2.45) is 12.8 Å². The third-order valence-corrected chi connectivity index (χ3v) is 4.66. The largest absolute Gasteiger partial charge is 0.491 e. The molecule has 0 bridgehead atoms. The van der Waals surface area contributed by atoms with Crippen molar-refractivity contribution in [1.29, 1.82) is 0 Å². The third kappa shape index (κ3) is 4.88. The second-order valence-electron chi connectivity index (χ2n) is 6.62. The van der Waals surface area contributed by atoms with E-state index in [1.54, 1.807) is 0 Å². The van der Waals surface area contributed by atoms with Gasteiger partial charge in [-0.25, -0.2) is 4.79 Å². The fourth-order valence-electron chi connectivity index (χ4n) is 2.91. The number of aromatic carboxylic acids is 1. The first kappa shape index (κ1) is 22.8. The number of non-ortho nitro benzene ring substituents is 1. The zero-order valence-corrected chi connectivity index (χ0v) is 17.5. The smallest absolute Gasteiger partial charge is 0.339 e. The predicted molar refractivity (Wildman–Crippen MR) is 117 cm³/mol. The second-order valence-corrected chi connectivity index (χ2v) is 7.06. The number of rotatable bonds is 8. The maximum atomic E-state index is 12.1. The Labute approximate surface area is 186 Å². The van der Waals surface area contributed by atoms with E-state index in [0.29, 0.717) is 5.56 Å². The van der Waals surface area contributed by atoms with Crippen LogP contribution in [0.15, 0.2) is 53.5 Å². The number of carbonyl (C=O) groups is 1. The summed E-state index contributed by atoms with van der Waals surface area (Å²) in [4.78, 5) is 34.5. The summed E-state index contributed by atoms with van der Waals surface area (Å²) >= 11 is 5.90. The molecule has 3 N–H and O–H groups in total. The van der Waals surface area contributed by atoms with Crippen molar-refractivity contribution >= 4 is 23.3 Å². The van der Waals surface area contributed by atoms with E-state index < -0.39 is 10.9 Å². The number of halogens is 1. The standard InChI is InChI=1S/C21H18ClN3O7/c1-24-11-16(19(10-20(24)26)31-7-6-23)14-9-13(25(29)30)3-5-17(14)32-18-4-2-12(22)8-15(18)21(27)28/h2-5,8-11H,6-7,23H2,1H3,(H,27,28). The highest BCUT2D eigenvalue weighted by atomic mass is 35.5. The van der Waals surface area contributed by atoms with E-state index in [1.165, 1.54) is 60.3 Å². The maximum Gasteiger partial charge on any atom is 0.339 e. The highest BCUT2D eigenvalue weighted by Crippen LogP contribution is 2.40. The Morgan fingerprint density at radius 3 is 2.53 bits per heavy atom. The zero-order valence-electron chi connectivity index (χ0n) is 16.8. The minimum Gasteiger partial charge on any atom is -0.491 e. The molecule has 0 unspecified atom stereocenters. The van der Waals surface area contributed by atoms with Gasteiger partial charge in [0.2, 0.25) is 0 Å². The molecule has 2 aromatic carbocycles. The highest BCUT2D eigenvalue weighted by molar-refractivity contribution is 6.31. The molecule has 3 rings (SSSR count). The summed E-state index contributed by atoms with van der Waals surface area (Å²) in [5, 5.41) is 21.1. The summed E-state index contributed by atoms with van der Waals surface area (Å²) in [5.41, 5.74) is 5.25. The minimum atomic E-state index is -1.26. The van der Waals surface area contributed by atoms with Crippen LogP contribution in [-0.4, -0.2) is 33.7 Å². The molecule has 1 heterocycles. The van der Waals surface area contributed by atoms with E-state index >= 15 is 0 Å². The average molecular weight is 460 g/mol. The zero-order chi connectivity index (χ0) is 23.4. The first-order chi connectivity index (χ1) is 15.2. The van der Waals surface area contributed by atoms with Gasteiger partial charge < -0.3 is 24.9 Å². The van der Waals surface area contributed by atoms with Crippen LogP contribution >= 0.6 is 11.6 Å². The van der Waals surface area contributed by atoms with E-state index in [-0.39, 0.29) is 57.8 Å². The van der Waals surface area contributed by atoms with Gasteiger partial charge in [0, 0.05) is 54.1 Å². The molecule has 166 valence electrons. The van der Waals surface area contributed by atoms with Gasteiger partial charge in [0.25, 0.3) is 11.2 Å². The van der Waals surface area contributed by atoms with E-state index in [9.17, 15) is 24.8 Å². The number of hydrogen-bond donors (Lipinski definition) is 2. The van der Waals surface area contributed by atoms with Crippen LogP contribution in [0, 0.1) is 10.1 Å². The lowest BCUT2D eigenvalue weighted by molar-refractivity contribution is -0.384. The van der Waals surface area contributed by atoms with Crippen LogP contribution in [-0.2, 0) is 7.05 Å². The Morgan fingerprint density at radius 1 is 1.16 bits per heavy atom. The monoisotopic (exact) mass is 459 g/mol. The number of benzene rings is 2. The normalized spacial score (nSPS) is 10.6. The molecule has 32 heavy (non-hydrogen) atoms. The number of nitro groups is 1. The lowest BCUT2D eigenvalue weighted by atomic mass is 10.0. The topological polar surface area (TPSA) is 147 Å². The lowest BCUT2D eigenvalue weighted by Crippen LogP contribution is -2.18. The van der Waals surface area contributed by atoms with Crippen molar-refractivity contribution < 1.29 is 24.3 Å². The summed E-state index contributed by atoms with van der Waals surface area (Å²) in [5.74, 6) is -1.03. The number of carboxylic acids is 1. The Balaban J connectivity index is 2.22. The van der Waals surface area contributed by atoms with Gasteiger partial charge in [0.1, 0.15) is 29.4 Å². The van der Waals surface area contributed by atoms with Crippen molar-refractivity contribution in [3.63, 3.8) is 0 Å². The van der Waals surface area contributed by atoms with Gasteiger partial charge in [-0.3, -0.25) is 14.9 Å². The summed E-state index contributed by atoms with van der Waals surface area (Å²) in [6.45, 7) is 0.283. The van der Waals surface area contributed by atoms with Gasteiger partial charge in [-0.05, 0) is 24.3 Å². The lowest BCUT2D eigenvalue weighted by Gasteiger charge is -2.16. The number of hydrogen-bond acceptors (Lipinski definition) is 7. The molecule has 0 radical (unpaired) electrons. The number of pyridine rings is 1. The van der Waals surface area contributed by atoms with E-state index in [2.05, 4.69) is 0 Å². The summed E-state index contributed by atoms with van der Waals surface area (Å²) in [7, 11) is 1.51. The molecule has 0 amide bonds. The summed E-state index contributed by atoms with van der Waals surface area (Å²) in [6.07, 6.45) is 1.44. The molecule has 11 heteroatoms. The summed E-state index contributed by atoms with van der Waals surface area (Å²) < 4.78 is 12.7. The molecule has 10 nitrogen and oxygen atoms in total. The Hall–Kier alpha value is -3.89. The van der Waals surface area contributed by atoms with Crippen molar-refractivity contribution in [2.45, 2.75) is 0 Å². The molecule has 0 aliphatic rings. The predicted octanol–water partition coefficient (Wildman–Crippen LogP) is 3.44. The maximum absolute atomic E-state index is 12.1. The van der Waals surface area contributed by atoms with Crippen molar-refractivity contribution in [1.82, 2.24) is 4.57 Å². The first-order valence-corrected chi connectivity index (χ1v) is 9.62. The van der Waals surface area contributed by atoms with Crippen molar-refractivity contribution in [3.8, 4) is 28.4 Å². The fourth-order valence-corrected chi connectivity index (χ4v) is 3.08. The molecule has 0 atom stereocenters. The average Bonchev–Trinajstić information content (AvgIpc) is 2.75. The van der Waals surface area contributed by atoms with E-state index in [4.69, 9.17) is 26.8 Å². The number of carboxylic acid groups (broad SMARTS) is 1. The van der Waals surface area contributed by atoms with Gasteiger partial charge in [-0.1, -0.05) is 11.6 Å². The fraction of sp³-hybridized carbons (Fsp3) is 0.143. The van der Waals surface area contributed by atoms with Gasteiger partial charge in [-0.15, -0.1) is 0 Å². The van der Waals surface area contributed by atoms with E-state index in [0.717, 1.165) is 0 Å². The first-order valence-electron chi connectivity index (χ1n) is 9.24. The van der Waals surface area contributed by atoms with Crippen molar-refractivity contribution in [2.75, 3.05) is 13.2 Å². The number of ether oxygens (including phenoxy) is 2. The molecular weight excluding hydrogens is 442 g/mol. The Morgan fingerprint density at radius 2 is 1.88 bits per heavy atom. The molecule has 0 spiro atoms. The molecule has 0 aliphatic heterocycles. The van der Waals surface area contributed by atoms with E-state index in [1.807, 2.05) is 0 Å². The van der Waals surface area contributed by atoms with Crippen LogP contribution in [0.1, 0.15) is 10.4 Å². The number of nitro benzene ring substituents is 1. The van der Waals surface area contributed by atoms with Gasteiger partial charge in [0.15, 0.2) is 0 Å². The van der Waals surface area contributed by atoms with Crippen LogP contribution < -0.4 is 20.8 Å². The molecular formula is C21H18ClN3O7. The van der Waals surface area contributed by atoms with Gasteiger partial charge in [-0.2, -0.15) is 0 Å². The van der Waals surface area contributed by atoms with Crippen LogP contribution in [0.4, 0.5) is 5.69 Å². The Bertz CT molecular complexity index is 1260. The summed E-state index contributed by atoms with van der Waals surface area (Å²) in [6, 6.07) is 9.11. The number of aryl methyl sites for hydroxylation is 1. The molecule has 0 fully saturated rings. The molecule has 0 saturated carbocycles. The van der Waals surface area contributed by atoms with Crippen LogP contribution in [0.3, 0.4) is 0 Å². The van der Waals surface area contributed by atoms with Gasteiger partial charge >= 0.3 is 5.97 Å². The van der Waals surface area contributed by atoms with Crippen LogP contribution in [0.2, 0.25) is 5.02 Å². The number of nitrogens with two attached hydrogens (primary N) is 1.